The van der Waals surface area contributed by atoms with Crippen molar-refractivity contribution in [2.75, 3.05) is 27.3 Å². The molecule has 0 aliphatic heterocycles. The molecule has 0 aliphatic carbocycles. The predicted octanol–water partition coefficient (Wildman–Crippen LogP) is 1.65. The Labute approximate surface area is 118 Å². The number of carbonyl (C=O) groups excluding carboxylic acids is 1. The fourth-order valence-electron chi connectivity index (χ4n) is 1.88. The van der Waals surface area contributed by atoms with E-state index >= 15 is 0 Å². The molecule has 0 saturated heterocycles. The first-order valence-corrected chi connectivity index (χ1v) is 6.51. The Morgan fingerprint density at radius 1 is 1.35 bits per heavy atom. The monoisotopic (exact) mass is 273 g/mol. The van der Waals surface area contributed by atoms with Gasteiger partial charge in [0, 0.05) is 26.9 Å². The SMILES string of the molecule is COCCN(C)C(=O)c1cnn(Cc2ccccc2)c1. The van der Waals surface area contributed by atoms with Crippen LogP contribution >= 0.6 is 0 Å². The molecule has 2 aromatic rings. The van der Waals surface area contributed by atoms with Gasteiger partial charge in [0.1, 0.15) is 0 Å². The fraction of sp³-hybridized carbons (Fsp3) is 0.333. The summed E-state index contributed by atoms with van der Waals surface area (Å²) in [5.74, 6) is -0.0404. The largest absolute Gasteiger partial charge is 0.383 e. The molecular formula is C15H19N3O2. The van der Waals surface area contributed by atoms with Crippen LogP contribution in [0.5, 0.6) is 0 Å². The van der Waals surface area contributed by atoms with Crippen molar-refractivity contribution in [1.29, 1.82) is 0 Å². The highest BCUT2D eigenvalue weighted by Gasteiger charge is 2.13. The van der Waals surface area contributed by atoms with Gasteiger partial charge in [-0.05, 0) is 5.56 Å². The smallest absolute Gasteiger partial charge is 0.256 e. The Morgan fingerprint density at radius 2 is 2.10 bits per heavy atom. The predicted molar refractivity (Wildman–Crippen MR) is 76.6 cm³/mol. The molecule has 0 aliphatic rings. The van der Waals surface area contributed by atoms with E-state index in [1.54, 1.807) is 36.1 Å². The van der Waals surface area contributed by atoms with Crippen LogP contribution in [0.4, 0.5) is 0 Å². The molecule has 0 radical (unpaired) electrons. The summed E-state index contributed by atoms with van der Waals surface area (Å²) < 4.78 is 6.74. The molecule has 20 heavy (non-hydrogen) atoms. The number of carbonyl (C=O) groups is 1. The van der Waals surface area contributed by atoms with E-state index in [0.29, 0.717) is 25.3 Å². The van der Waals surface area contributed by atoms with Crippen LogP contribution in [0.25, 0.3) is 0 Å². The van der Waals surface area contributed by atoms with E-state index in [1.807, 2.05) is 30.3 Å². The zero-order valence-corrected chi connectivity index (χ0v) is 11.8. The standard InChI is InChI=1S/C15H19N3O2/c1-17(8-9-20-2)15(19)14-10-16-18(12-14)11-13-6-4-3-5-7-13/h3-7,10,12H,8-9,11H2,1-2H3. The minimum Gasteiger partial charge on any atom is -0.383 e. The van der Waals surface area contributed by atoms with Crippen LogP contribution in [0, 0.1) is 0 Å². The highest BCUT2D eigenvalue weighted by atomic mass is 16.5. The van der Waals surface area contributed by atoms with Gasteiger partial charge in [0.05, 0.1) is 24.9 Å². The minimum absolute atomic E-state index is 0.0404. The van der Waals surface area contributed by atoms with Crippen LogP contribution in [0.3, 0.4) is 0 Å². The molecule has 0 bridgehead atoms. The molecule has 1 heterocycles. The van der Waals surface area contributed by atoms with E-state index in [4.69, 9.17) is 4.74 Å². The molecule has 5 nitrogen and oxygen atoms in total. The number of hydrogen-bond donors (Lipinski definition) is 0. The van der Waals surface area contributed by atoms with Crippen LogP contribution in [0.15, 0.2) is 42.7 Å². The molecule has 0 fully saturated rings. The van der Waals surface area contributed by atoms with E-state index in [2.05, 4.69) is 5.10 Å². The molecule has 0 N–H and O–H groups in total. The second-order valence-electron chi connectivity index (χ2n) is 4.63. The topological polar surface area (TPSA) is 47.4 Å². The normalized spacial score (nSPS) is 10.5. The average Bonchev–Trinajstić information content (AvgIpc) is 2.93. The van der Waals surface area contributed by atoms with E-state index in [1.165, 1.54) is 0 Å². The Morgan fingerprint density at radius 3 is 2.80 bits per heavy atom. The van der Waals surface area contributed by atoms with E-state index < -0.39 is 0 Å². The molecule has 5 heteroatoms. The van der Waals surface area contributed by atoms with Crippen molar-refractivity contribution in [2.24, 2.45) is 0 Å². The maximum Gasteiger partial charge on any atom is 0.256 e. The lowest BCUT2D eigenvalue weighted by Gasteiger charge is -2.15. The van der Waals surface area contributed by atoms with Crippen LogP contribution in [0.1, 0.15) is 15.9 Å². The Hall–Kier alpha value is -2.14. The molecule has 1 aromatic heterocycles. The number of amides is 1. The molecule has 106 valence electrons. The summed E-state index contributed by atoms with van der Waals surface area (Å²) in [6.45, 7) is 1.76. The van der Waals surface area contributed by atoms with Gasteiger partial charge in [-0.1, -0.05) is 30.3 Å². The number of rotatable bonds is 6. The van der Waals surface area contributed by atoms with Crippen molar-refractivity contribution < 1.29 is 9.53 Å². The Kier molecular flexibility index (Phi) is 4.90. The van der Waals surface area contributed by atoms with Crippen molar-refractivity contribution in [1.82, 2.24) is 14.7 Å². The summed E-state index contributed by atoms with van der Waals surface area (Å²) in [4.78, 5) is 13.8. The first kappa shape index (κ1) is 14.3. The third kappa shape index (κ3) is 3.68. The molecule has 0 spiro atoms. The quantitative estimate of drug-likeness (QED) is 0.804. The maximum atomic E-state index is 12.1. The lowest BCUT2D eigenvalue weighted by Crippen LogP contribution is -2.29. The second-order valence-corrected chi connectivity index (χ2v) is 4.63. The van der Waals surface area contributed by atoms with Gasteiger partial charge >= 0.3 is 0 Å². The van der Waals surface area contributed by atoms with Crippen molar-refractivity contribution in [3.8, 4) is 0 Å². The van der Waals surface area contributed by atoms with Crippen LogP contribution in [-0.2, 0) is 11.3 Å². The Balaban J connectivity index is 2.00. The van der Waals surface area contributed by atoms with Crippen LogP contribution in [-0.4, -0.2) is 47.9 Å². The van der Waals surface area contributed by atoms with Gasteiger partial charge < -0.3 is 9.64 Å². The molecule has 0 atom stereocenters. The first-order valence-electron chi connectivity index (χ1n) is 6.51. The summed E-state index contributed by atoms with van der Waals surface area (Å²) in [5.41, 5.74) is 1.75. The van der Waals surface area contributed by atoms with Gasteiger partial charge in [0.15, 0.2) is 0 Å². The lowest BCUT2D eigenvalue weighted by molar-refractivity contribution is 0.0744. The number of hydrogen-bond acceptors (Lipinski definition) is 3. The zero-order chi connectivity index (χ0) is 14.4. The van der Waals surface area contributed by atoms with Gasteiger partial charge in [-0.25, -0.2) is 0 Å². The van der Waals surface area contributed by atoms with E-state index in [9.17, 15) is 4.79 Å². The average molecular weight is 273 g/mol. The van der Waals surface area contributed by atoms with Crippen molar-refractivity contribution in [3.05, 3.63) is 53.9 Å². The van der Waals surface area contributed by atoms with Crippen molar-refractivity contribution in [2.45, 2.75) is 6.54 Å². The fourth-order valence-corrected chi connectivity index (χ4v) is 1.88. The number of ether oxygens (including phenoxy) is 1. The molecular weight excluding hydrogens is 254 g/mol. The second kappa shape index (κ2) is 6.86. The van der Waals surface area contributed by atoms with Gasteiger partial charge in [0.2, 0.25) is 0 Å². The first-order chi connectivity index (χ1) is 9.70. The van der Waals surface area contributed by atoms with E-state index in [-0.39, 0.29) is 5.91 Å². The zero-order valence-electron chi connectivity index (χ0n) is 11.8. The Bertz CT molecular complexity index is 551. The van der Waals surface area contributed by atoms with Gasteiger partial charge in [-0.2, -0.15) is 5.10 Å². The number of likely N-dealkylation sites (N-methyl/N-ethyl adjacent to an activating group) is 1. The minimum atomic E-state index is -0.0404. The van der Waals surface area contributed by atoms with Crippen molar-refractivity contribution in [3.63, 3.8) is 0 Å². The van der Waals surface area contributed by atoms with Gasteiger partial charge in [0.25, 0.3) is 5.91 Å². The van der Waals surface area contributed by atoms with Crippen LogP contribution in [0.2, 0.25) is 0 Å². The van der Waals surface area contributed by atoms with Crippen LogP contribution < -0.4 is 0 Å². The number of methoxy groups -OCH3 is 1. The highest BCUT2D eigenvalue weighted by molar-refractivity contribution is 5.93. The summed E-state index contributed by atoms with van der Waals surface area (Å²) in [6, 6.07) is 10.0. The molecule has 1 aromatic carbocycles. The molecule has 2 rings (SSSR count). The van der Waals surface area contributed by atoms with E-state index in [0.717, 1.165) is 5.56 Å². The van der Waals surface area contributed by atoms with Crippen molar-refractivity contribution >= 4 is 5.91 Å². The molecule has 0 saturated carbocycles. The molecule has 0 unspecified atom stereocenters. The summed E-state index contributed by atoms with van der Waals surface area (Å²) in [7, 11) is 3.38. The number of aromatic nitrogens is 2. The highest BCUT2D eigenvalue weighted by Crippen LogP contribution is 2.06. The van der Waals surface area contributed by atoms with Gasteiger partial charge in [-0.3, -0.25) is 9.48 Å². The third-order valence-corrected chi connectivity index (χ3v) is 3.05. The lowest BCUT2D eigenvalue weighted by atomic mass is 10.2. The number of benzene rings is 1. The van der Waals surface area contributed by atoms with Gasteiger partial charge in [-0.15, -0.1) is 0 Å². The molecule has 1 amide bonds. The summed E-state index contributed by atoms with van der Waals surface area (Å²) in [6.07, 6.45) is 3.38. The summed E-state index contributed by atoms with van der Waals surface area (Å²) in [5, 5.41) is 4.23. The third-order valence-electron chi connectivity index (χ3n) is 3.05. The summed E-state index contributed by atoms with van der Waals surface area (Å²) >= 11 is 0. The maximum absolute atomic E-state index is 12.1. The number of nitrogens with zero attached hydrogens (tertiary/aromatic N) is 3.